The van der Waals surface area contributed by atoms with Gasteiger partial charge in [0.05, 0.1) is 5.56 Å². The van der Waals surface area contributed by atoms with Crippen molar-refractivity contribution >= 4 is 5.97 Å². The Hall–Kier alpha value is -2.70. The summed E-state index contributed by atoms with van der Waals surface area (Å²) in [6, 6.07) is 0. The molecule has 0 aliphatic carbocycles. The van der Waals surface area contributed by atoms with Crippen molar-refractivity contribution in [2.24, 2.45) is 0 Å². The van der Waals surface area contributed by atoms with E-state index >= 15 is 0 Å². The summed E-state index contributed by atoms with van der Waals surface area (Å²) in [7, 11) is 0. The fourth-order valence-electron chi connectivity index (χ4n) is 2.93. The lowest BCUT2D eigenvalue weighted by molar-refractivity contribution is -0.145. The molecule has 0 spiro atoms. The predicted molar refractivity (Wildman–Crippen MR) is 124 cm³/mol. The average molecular weight is 485 g/mol. The summed E-state index contributed by atoms with van der Waals surface area (Å²) < 4.78 is 71.0. The number of carbonyl (C=O) groups is 1. The highest BCUT2D eigenvalue weighted by atomic mass is 19.2. The Bertz CT molecular complexity index is 843. The summed E-state index contributed by atoms with van der Waals surface area (Å²) in [5.74, 6) is -11.1. The fourth-order valence-corrected chi connectivity index (χ4v) is 2.93. The number of halogens is 5. The summed E-state index contributed by atoms with van der Waals surface area (Å²) in [6.45, 7) is 1.18. The summed E-state index contributed by atoms with van der Waals surface area (Å²) in [6.07, 6.45) is 25.1. The second kappa shape index (κ2) is 17.7. The topological polar surface area (TPSA) is 26.3 Å². The minimum absolute atomic E-state index is 0.0343. The molecule has 0 saturated carbocycles. The van der Waals surface area contributed by atoms with E-state index in [4.69, 9.17) is 0 Å². The van der Waals surface area contributed by atoms with E-state index in [1.807, 2.05) is 18.2 Å². The minimum atomic E-state index is -2.25. The van der Waals surface area contributed by atoms with Crippen molar-refractivity contribution in [1.82, 2.24) is 0 Å². The molecule has 0 aliphatic heterocycles. The van der Waals surface area contributed by atoms with Gasteiger partial charge in [-0.25, -0.2) is 22.0 Å². The number of allylic oxidation sites excluding steroid dienone is 8. The zero-order valence-corrected chi connectivity index (χ0v) is 19.6. The van der Waals surface area contributed by atoms with Gasteiger partial charge < -0.3 is 4.74 Å². The van der Waals surface area contributed by atoms with Gasteiger partial charge in [0.2, 0.25) is 5.82 Å². The SMILES string of the molecule is CCCCC/C=C\C/C=C\C/C=C\C/C=C\CCCC(=O)OCc1c(F)c(F)c(F)c(F)c1F. The van der Waals surface area contributed by atoms with Gasteiger partial charge in [0, 0.05) is 6.42 Å². The third-order valence-electron chi connectivity index (χ3n) is 4.89. The van der Waals surface area contributed by atoms with Gasteiger partial charge in [-0.2, -0.15) is 0 Å². The molecule has 7 heteroatoms. The smallest absolute Gasteiger partial charge is 0.306 e. The molecule has 1 rings (SSSR count). The van der Waals surface area contributed by atoms with E-state index in [9.17, 15) is 26.7 Å². The number of esters is 1. The van der Waals surface area contributed by atoms with Gasteiger partial charge in [-0.1, -0.05) is 68.4 Å². The molecule has 0 unspecified atom stereocenters. The van der Waals surface area contributed by atoms with Crippen LogP contribution in [-0.2, 0) is 16.1 Å². The number of rotatable bonds is 16. The minimum Gasteiger partial charge on any atom is -0.461 e. The van der Waals surface area contributed by atoms with Crippen LogP contribution in [0.3, 0.4) is 0 Å². The van der Waals surface area contributed by atoms with Crippen molar-refractivity contribution < 1.29 is 31.5 Å². The van der Waals surface area contributed by atoms with Gasteiger partial charge in [-0.3, -0.25) is 4.79 Å². The lowest BCUT2D eigenvalue weighted by Gasteiger charge is -2.09. The van der Waals surface area contributed by atoms with Crippen molar-refractivity contribution in [3.63, 3.8) is 0 Å². The number of hydrogen-bond donors (Lipinski definition) is 0. The quantitative estimate of drug-likeness (QED) is 0.0587. The van der Waals surface area contributed by atoms with Crippen molar-refractivity contribution in [2.45, 2.75) is 77.7 Å². The Kier molecular flexibility index (Phi) is 15.3. The van der Waals surface area contributed by atoms with Crippen LogP contribution in [0.25, 0.3) is 0 Å². The number of benzene rings is 1. The van der Waals surface area contributed by atoms with Gasteiger partial charge in [-0.15, -0.1) is 0 Å². The molecule has 2 nitrogen and oxygen atoms in total. The molecular weight excluding hydrogens is 451 g/mol. The molecule has 0 saturated heterocycles. The second-order valence-corrected chi connectivity index (χ2v) is 7.69. The van der Waals surface area contributed by atoms with Gasteiger partial charge in [0.15, 0.2) is 23.3 Å². The van der Waals surface area contributed by atoms with E-state index in [1.165, 1.54) is 19.3 Å². The van der Waals surface area contributed by atoms with Crippen LogP contribution in [0, 0.1) is 29.1 Å². The predicted octanol–water partition coefficient (Wildman–Crippen LogP) is 8.57. The Labute approximate surface area is 198 Å². The number of hydrogen-bond acceptors (Lipinski definition) is 2. The first kappa shape index (κ1) is 29.3. The van der Waals surface area contributed by atoms with Gasteiger partial charge >= 0.3 is 5.97 Å². The summed E-state index contributed by atoms with van der Waals surface area (Å²) in [5.41, 5.74) is -1.16. The van der Waals surface area contributed by atoms with Gasteiger partial charge in [0.1, 0.15) is 6.61 Å². The van der Waals surface area contributed by atoms with E-state index in [0.29, 0.717) is 12.8 Å². The molecule has 0 aromatic heterocycles. The molecule has 188 valence electrons. The van der Waals surface area contributed by atoms with Crippen LogP contribution in [0.4, 0.5) is 22.0 Å². The van der Waals surface area contributed by atoms with Crippen LogP contribution in [0.5, 0.6) is 0 Å². The molecule has 1 aromatic carbocycles. The number of unbranched alkanes of at least 4 members (excludes halogenated alkanes) is 4. The zero-order chi connectivity index (χ0) is 25.2. The van der Waals surface area contributed by atoms with E-state index in [0.717, 1.165) is 25.7 Å². The largest absolute Gasteiger partial charge is 0.461 e. The molecule has 0 heterocycles. The van der Waals surface area contributed by atoms with Gasteiger partial charge in [0.25, 0.3) is 0 Å². The molecule has 0 atom stereocenters. The standard InChI is InChI=1S/C27H33F5O2/c1-2-3-4-5-6-7-8-9-10-11-12-13-14-15-16-17-18-19-22(33)34-20-21-23(28)25(30)27(32)26(31)24(21)29/h6-7,9-10,12-13,15-16H,2-5,8,11,14,17-20H2,1H3/b7-6-,10-9-,13-12-,16-15-. The van der Waals surface area contributed by atoms with Crippen LogP contribution >= 0.6 is 0 Å². The van der Waals surface area contributed by atoms with Crippen LogP contribution in [-0.4, -0.2) is 5.97 Å². The normalized spacial score (nSPS) is 12.2. The Morgan fingerprint density at radius 2 is 1.09 bits per heavy atom. The summed E-state index contributed by atoms with van der Waals surface area (Å²) in [4.78, 5) is 11.7. The molecule has 34 heavy (non-hydrogen) atoms. The average Bonchev–Trinajstić information content (AvgIpc) is 2.83. The molecule has 0 fully saturated rings. The van der Waals surface area contributed by atoms with Crippen LogP contribution in [0.2, 0.25) is 0 Å². The first-order valence-electron chi connectivity index (χ1n) is 11.7. The lowest BCUT2D eigenvalue weighted by Crippen LogP contribution is -2.11. The number of ether oxygens (including phenoxy) is 1. The van der Waals surface area contributed by atoms with Crippen molar-refractivity contribution in [3.8, 4) is 0 Å². The molecule has 0 bridgehead atoms. The monoisotopic (exact) mass is 484 g/mol. The molecule has 0 radical (unpaired) electrons. The summed E-state index contributed by atoms with van der Waals surface area (Å²) in [5, 5.41) is 0. The molecule has 0 N–H and O–H groups in total. The highest BCUT2D eigenvalue weighted by Gasteiger charge is 2.26. The van der Waals surface area contributed by atoms with Crippen molar-refractivity contribution in [2.75, 3.05) is 0 Å². The zero-order valence-electron chi connectivity index (χ0n) is 19.6. The molecule has 0 amide bonds. The van der Waals surface area contributed by atoms with Crippen LogP contribution < -0.4 is 0 Å². The van der Waals surface area contributed by atoms with E-state index in [1.54, 1.807) is 0 Å². The third-order valence-corrected chi connectivity index (χ3v) is 4.89. The van der Waals surface area contributed by atoms with Crippen LogP contribution in [0.1, 0.15) is 76.7 Å². The Morgan fingerprint density at radius 1 is 0.647 bits per heavy atom. The molecule has 0 aliphatic rings. The Morgan fingerprint density at radius 3 is 1.59 bits per heavy atom. The second-order valence-electron chi connectivity index (χ2n) is 7.69. The van der Waals surface area contributed by atoms with Crippen molar-refractivity contribution in [3.05, 3.63) is 83.3 Å². The van der Waals surface area contributed by atoms with E-state index in [-0.39, 0.29) is 6.42 Å². The maximum atomic E-state index is 13.5. The first-order valence-corrected chi connectivity index (χ1v) is 11.7. The highest BCUT2D eigenvalue weighted by Crippen LogP contribution is 2.23. The lowest BCUT2D eigenvalue weighted by atomic mass is 10.2. The van der Waals surface area contributed by atoms with E-state index < -0.39 is 47.2 Å². The fraction of sp³-hybridized carbons (Fsp3) is 0.444. The molecular formula is C27H33F5O2. The maximum Gasteiger partial charge on any atom is 0.306 e. The number of carbonyl (C=O) groups excluding carboxylic acids is 1. The maximum absolute atomic E-state index is 13.5. The highest BCUT2D eigenvalue weighted by molar-refractivity contribution is 5.69. The van der Waals surface area contributed by atoms with E-state index in [2.05, 4.69) is 42.0 Å². The Balaban J connectivity index is 2.15. The first-order chi connectivity index (χ1) is 16.4. The summed E-state index contributed by atoms with van der Waals surface area (Å²) >= 11 is 0. The third kappa shape index (κ3) is 11.4. The molecule has 1 aromatic rings. The van der Waals surface area contributed by atoms with Gasteiger partial charge in [-0.05, 0) is 44.9 Å². The van der Waals surface area contributed by atoms with Crippen LogP contribution in [0.15, 0.2) is 48.6 Å². The van der Waals surface area contributed by atoms with Crippen molar-refractivity contribution in [1.29, 1.82) is 0 Å².